The van der Waals surface area contributed by atoms with Crippen molar-refractivity contribution >= 4 is 74.9 Å². The van der Waals surface area contributed by atoms with Gasteiger partial charge >= 0.3 is 0 Å². The van der Waals surface area contributed by atoms with E-state index in [1.165, 1.54) is 20.2 Å². The Balaban J connectivity index is 1.23. The summed E-state index contributed by atoms with van der Waals surface area (Å²) < 4.78 is 5.92. The normalized spacial score (nSPS) is 11.8. The van der Waals surface area contributed by atoms with Crippen LogP contribution in [0.25, 0.3) is 91.5 Å². The number of fused-ring (bicyclic) bond motifs is 7. The molecule has 0 bridgehead atoms. The lowest BCUT2D eigenvalue weighted by Gasteiger charge is -2.10. The van der Waals surface area contributed by atoms with Crippen LogP contribution in [0.2, 0.25) is 0 Å². The highest BCUT2D eigenvalue weighted by Gasteiger charge is 2.21. The number of thiazole rings is 1. The molecule has 4 aromatic heterocycles. The molecule has 0 aliphatic carbocycles. The van der Waals surface area contributed by atoms with Gasteiger partial charge in [-0.3, -0.25) is 4.57 Å². The minimum atomic E-state index is 0.642. The molecule has 0 unspecified atom stereocenters. The van der Waals surface area contributed by atoms with Gasteiger partial charge in [0.1, 0.15) is 0 Å². The Morgan fingerprint density at radius 2 is 1.11 bits per heavy atom. The smallest absolute Gasteiger partial charge is 0.195 e. The standard InChI is InChI=1S/C40H23N5S2/c1-2-11-24(12-3-1)37-42-38(25-21-22-27-26-13-5-8-19-33(26)46-35(27)23-25)44-39(43-37)29-15-10-18-32-36(29)28-14-4-7-17-31(28)45(32)40-41-30-16-6-9-20-34(30)47-40/h1-23H. The molecule has 7 heteroatoms. The van der Waals surface area contributed by atoms with Gasteiger partial charge in [-0.15, -0.1) is 11.3 Å². The lowest BCUT2D eigenvalue weighted by atomic mass is 10.1. The lowest BCUT2D eigenvalue weighted by Crippen LogP contribution is -2.00. The maximum Gasteiger partial charge on any atom is 0.195 e. The fourth-order valence-corrected chi connectivity index (χ4v) is 8.71. The molecule has 0 aliphatic rings. The van der Waals surface area contributed by atoms with Crippen LogP contribution in [0, 0.1) is 0 Å². The molecule has 0 spiro atoms. The van der Waals surface area contributed by atoms with Crippen molar-refractivity contribution in [2.24, 2.45) is 0 Å². The first-order valence-corrected chi connectivity index (χ1v) is 17.0. The van der Waals surface area contributed by atoms with Gasteiger partial charge in [0, 0.05) is 47.6 Å². The van der Waals surface area contributed by atoms with Crippen molar-refractivity contribution in [2.75, 3.05) is 0 Å². The number of rotatable bonds is 4. The van der Waals surface area contributed by atoms with Gasteiger partial charge in [0.2, 0.25) is 0 Å². The van der Waals surface area contributed by atoms with Crippen LogP contribution in [-0.2, 0) is 0 Å². The van der Waals surface area contributed by atoms with Gasteiger partial charge in [-0.25, -0.2) is 19.9 Å². The molecule has 5 nitrogen and oxygen atoms in total. The molecule has 0 radical (unpaired) electrons. The molecule has 4 heterocycles. The summed E-state index contributed by atoms with van der Waals surface area (Å²) in [6.07, 6.45) is 0. The topological polar surface area (TPSA) is 56.5 Å². The SMILES string of the molecule is c1ccc(-c2nc(-c3ccc4c(c3)sc3ccccc34)nc(-c3cccc4c3c3ccccc3n4-c3nc4ccccc4s3)n2)cc1. The summed E-state index contributed by atoms with van der Waals surface area (Å²) in [4.78, 5) is 20.4. The zero-order valence-corrected chi connectivity index (χ0v) is 26.5. The number of thiophene rings is 1. The van der Waals surface area contributed by atoms with Gasteiger partial charge in [-0.05, 0) is 36.4 Å². The number of hydrogen-bond acceptors (Lipinski definition) is 6. The third kappa shape index (κ3) is 4.21. The summed E-state index contributed by atoms with van der Waals surface area (Å²) in [5, 5.41) is 5.69. The number of nitrogens with zero attached hydrogens (tertiary/aromatic N) is 5. The molecule has 0 fully saturated rings. The van der Waals surface area contributed by atoms with Gasteiger partial charge in [0.25, 0.3) is 0 Å². The van der Waals surface area contributed by atoms with E-state index >= 15 is 0 Å². The van der Waals surface area contributed by atoms with E-state index in [1.807, 2.05) is 24.3 Å². The van der Waals surface area contributed by atoms with Crippen molar-refractivity contribution in [1.29, 1.82) is 0 Å². The Labute approximate surface area is 277 Å². The van der Waals surface area contributed by atoms with Crippen molar-refractivity contribution in [3.8, 4) is 39.3 Å². The summed E-state index contributed by atoms with van der Waals surface area (Å²) in [7, 11) is 0. The monoisotopic (exact) mass is 637 g/mol. The summed E-state index contributed by atoms with van der Waals surface area (Å²) in [5.74, 6) is 1.94. The molecule has 0 N–H and O–H groups in total. The molecule has 0 saturated carbocycles. The van der Waals surface area contributed by atoms with Gasteiger partial charge in [0.05, 0.1) is 21.3 Å². The molecule has 6 aromatic carbocycles. The molecule has 0 aliphatic heterocycles. The molecule has 0 saturated heterocycles. The van der Waals surface area contributed by atoms with Crippen LogP contribution >= 0.6 is 22.7 Å². The number of hydrogen-bond donors (Lipinski definition) is 0. The van der Waals surface area contributed by atoms with Crippen LogP contribution in [0.5, 0.6) is 0 Å². The molecule has 10 rings (SSSR count). The highest BCUT2D eigenvalue weighted by Crippen LogP contribution is 2.40. The van der Waals surface area contributed by atoms with Crippen molar-refractivity contribution in [3.63, 3.8) is 0 Å². The van der Waals surface area contributed by atoms with E-state index in [-0.39, 0.29) is 0 Å². The fourth-order valence-electron chi connectivity index (χ4n) is 6.57. The second-order valence-corrected chi connectivity index (χ2v) is 13.6. The Morgan fingerprint density at radius 1 is 0.426 bits per heavy atom. The summed E-state index contributed by atoms with van der Waals surface area (Å²) in [6.45, 7) is 0. The number of benzene rings is 6. The fraction of sp³-hybridized carbons (Fsp3) is 0. The van der Waals surface area contributed by atoms with E-state index in [4.69, 9.17) is 19.9 Å². The zero-order valence-electron chi connectivity index (χ0n) is 24.8. The molecular formula is C40H23N5S2. The Bertz CT molecular complexity index is 2780. The average molecular weight is 638 g/mol. The summed E-state index contributed by atoms with van der Waals surface area (Å²) in [5.41, 5.74) is 6.04. The first-order chi connectivity index (χ1) is 23.3. The highest BCUT2D eigenvalue weighted by molar-refractivity contribution is 7.25. The van der Waals surface area contributed by atoms with Gasteiger partial charge in [-0.1, -0.05) is 114 Å². The lowest BCUT2D eigenvalue weighted by molar-refractivity contribution is 1.08. The zero-order chi connectivity index (χ0) is 30.9. The summed E-state index contributed by atoms with van der Waals surface area (Å²) in [6, 6.07) is 48.5. The van der Waals surface area contributed by atoms with E-state index in [1.54, 1.807) is 22.7 Å². The van der Waals surface area contributed by atoms with Crippen LogP contribution in [0.15, 0.2) is 140 Å². The first kappa shape index (κ1) is 26.5. The number of aromatic nitrogens is 5. The Kier molecular flexibility index (Phi) is 5.85. The molecule has 0 atom stereocenters. The van der Waals surface area contributed by atoms with E-state index in [9.17, 15) is 0 Å². The van der Waals surface area contributed by atoms with Crippen molar-refractivity contribution in [3.05, 3.63) is 140 Å². The van der Waals surface area contributed by atoms with Gasteiger partial charge < -0.3 is 0 Å². The minimum Gasteiger partial charge on any atom is -0.285 e. The maximum absolute atomic E-state index is 5.19. The third-order valence-electron chi connectivity index (χ3n) is 8.72. The van der Waals surface area contributed by atoms with E-state index in [0.29, 0.717) is 17.5 Å². The molecule has 47 heavy (non-hydrogen) atoms. The van der Waals surface area contributed by atoms with E-state index < -0.39 is 0 Å². The first-order valence-electron chi connectivity index (χ1n) is 15.4. The van der Waals surface area contributed by atoms with E-state index in [0.717, 1.165) is 53.8 Å². The van der Waals surface area contributed by atoms with Crippen molar-refractivity contribution < 1.29 is 0 Å². The molecular weight excluding hydrogens is 615 g/mol. The third-order valence-corrected chi connectivity index (χ3v) is 10.9. The number of para-hydroxylation sites is 2. The van der Waals surface area contributed by atoms with Crippen LogP contribution in [0.4, 0.5) is 0 Å². The summed E-state index contributed by atoms with van der Waals surface area (Å²) >= 11 is 3.50. The highest BCUT2D eigenvalue weighted by atomic mass is 32.1. The molecule has 10 aromatic rings. The Morgan fingerprint density at radius 3 is 1.98 bits per heavy atom. The second-order valence-electron chi connectivity index (χ2n) is 11.5. The minimum absolute atomic E-state index is 0.642. The van der Waals surface area contributed by atoms with Gasteiger partial charge in [0.15, 0.2) is 22.6 Å². The quantitative estimate of drug-likeness (QED) is 0.193. The van der Waals surface area contributed by atoms with Crippen molar-refractivity contribution in [1.82, 2.24) is 24.5 Å². The van der Waals surface area contributed by atoms with Crippen molar-refractivity contribution in [2.45, 2.75) is 0 Å². The molecule has 220 valence electrons. The average Bonchev–Trinajstić information content (AvgIpc) is 3.83. The van der Waals surface area contributed by atoms with Crippen LogP contribution in [-0.4, -0.2) is 24.5 Å². The van der Waals surface area contributed by atoms with E-state index in [2.05, 4.69) is 120 Å². The molecule has 0 amide bonds. The van der Waals surface area contributed by atoms with Crippen LogP contribution in [0.3, 0.4) is 0 Å². The second kappa shape index (κ2) is 10.4. The Hall–Kier alpha value is -5.76. The predicted molar refractivity (Wildman–Crippen MR) is 197 cm³/mol. The maximum atomic E-state index is 5.19. The van der Waals surface area contributed by atoms with Gasteiger partial charge in [-0.2, -0.15) is 0 Å². The predicted octanol–water partition coefficient (Wildman–Crippen LogP) is 10.9. The largest absolute Gasteiger partial charge is 0.285 e. The van der Waals surface area contributed by atoms with Crippen LogP contribution < -0.4 is 0 Å². The van der Waals surface area contributed by atoms with Crippen LogP contribution in [0.1, 0.15) is 0 Å².